The molecule has 59 heavy (non-hydrogen) atoms. The van der Waals surface area contributed by atoms with Gasteiger partial charge in [0.15, 0.2) is 5.36 Å². The molecule has 0 heterocycles. The van der Waals surface area contributed by atoms with Crippen molar-refractivity contribution >= 4 is 80.3 Å². The van der Waals surface area contributed by atoms with Crippen LogP contribution in [-0.2, 0) is 30.4 Å². The van der Waals surface area contributed by atoms with Gasteiger partial charge < -0.3 is 18.8 Å². The third-order valence-electron chi connectivity index (χ3n) is 7.79. The number of phenolic OH excluding ortho intramolecular Hbond substituents is 1. The van der Waals surface area contributed by atoms with E-state index >= 15 is 0 Å². The molecule has 21 nitrogen and oxygen atoms in total. The van der Waals surface area contributed by atoms with Crippen molar-refractivity contribution in [2.75, 3.05) is 10.9 Å². The van der Waals surface area contributed by atoms with Crippen LogP contribution in [0.15, 0.2) is 136 Å². The molecule has 3 N–H and O–H groups in total. The first kappa shape index (κ1) is 49.5. The van der Waals surface area contributed by atoms with E-state index in [4.69, 9.17) is 0 Å². The van der Waals surface area contributed by atoms with Crippen LogP contribution in [0.3, 0.4) is 0 Å². The molecule has 0 fully saturated rings. The Balaban J connectivity index is 0.00000310. The van der Waals surface area contributed by atoms with Gasteiger partial charge in [0.1, 0.15) is 47.1 Å². The average Bonchev–Trinajstić information content (AvgIpc) is 3.12. The predicted molar refractivity (Wildman–Crippen MR) is 190 cm³/mol. The van der Waals surface area contributed by atoms with Crippen LogP contribution in [0.2, 0.25) is 0 Å². The number of non-ortho nitro benzene ring substituents is 1. The van der Waals surface area contributed by atoms with Gasteiger partial charge in [-0.05, 0) is 53.9 Å². The van der Waals surface area contributed by atoms with Gasteiger partial charge in [0.2, 0.25) is 10.9 Å². The van der Waals surface area contributed by atoms with Crippen molar-refractivity contribution < 1.29 is 138 Å². The fourth-order valence-electron chi connectivity index (χ4n) is 5.25. The molecule has 0 bridgehead atoms. The van der Waals surface area contributed by atoms with Crippen molar-refractivity contribution in [3.8, 4) is 5.75 Å². The van der Waals surface area contributed by atoms with Crippen LogP contribution >= 0.6 is 0 Å². The summed E-state index contributed by atoms with van der Waals surface area (Å²) in [4.78, 5) is 35.1. The summed E-state index contributed by atoms with van der Waals surface area (Å²) in [6, 6.07) is 16.0. The monoisotopic (exact) mass is 889 g/mol. The maximum atomic E-state index is 13.7. The Kier molecular flexibility index (Phi) is 16.2. The molecule has 6 rings (SSSR count). The van der Waals surface area contributed by atoms with E-state index in [9.17, 15) is 63.7 Å². The van der Waals surface area contributed by atoms with Crippen molar-refractivity contribution in [3.63, 3.8) is 0 Å². The number of rotatable bonds is 10. The second-order valence-corrected chi connectivity index (χ2v) is 15.5. The van der Waals surface area contributed by atoms with Crippen LogP contribution in [0.25, 0.3) is 21.5 Å². The molecule has 0 unspecified atom stereocenters. The molecule has 0 aromatic heterocycles. The van der Waals surface area contributed by atoms with Gasteiger partial charge >= 0.3 is 88.7 Å². The standard InChI is InChI=1S/C32H21N7O14S3.3Na/c40-27-14-20(55(48,49)50)12-16-11-19(54(45,46)47)13-24(29(16)27)35-38-30-31(41)25(36-33-17-5-7-18(8-6-17)39(43)44)15-26(32(30)42)37-34-23-9-10-28(56(51,52)53)22-4-2-1-3-21(22)23;;;/h1-15,33,35,40H,(H,45,46,47)(H,48,49,50)(H,51,52,53);;;/q;3*+1/p-3/b36-25+,37-34?,38-30-;;;. The summed E-state index contributed by atoms with van der Waals surface area (Å²) < 4.78 is 106. The number of phenols is 1. The summed E-state index contributed by atoms with van der Waals surface area (Å²) in [5.41, 5.74) is 0.916. The summed E-state index contributed by atoms with van der Waals surface area (Å²) in [6.07, 6.45) is 0. The maximum absolute atomic E-state index is 13.7. The fraction of sp³-hybridized carbons (Fsp3) is 0. The summed E-state index contributed by atoms with van der Waals surface area (Å²) >= 11 is 0. The van der Waals surface area contributed by atoms with Gasteiger partial charge in [-0.25, -0.2) is 25.3 Å². The smallest absolute Gasteiger partial charge is 0.744 e. The molecule has 0 radical (unpaired) electrons. The number of anilines is 2. The van der Waals surface area contributed by atoms with Gasteiger partial charge in [-0.15, -0.1) is 10.2 Å². The topological polar surface area (TPSA) is 343 Å². The molecule has 0 amide bonds. The number of benzene rings is 6. The summed E-state index contributed by atoms with van der Waals surface area (Å²) in [5.74, 6) is -0.914. The zero-order valence-corrected chi connectivity index (χ0v) is 38.8. The van der Waals surface area contributed by atoms with Gasteiger partial charge in [0, 0.05) is 34.4 Å². The minimum absolute atomic E-state index is 0. The van der Waals surface area contributed by atoms with E-state index in [2.05, 4.69) is 31.3 Å². The Morgan fingerprint density at radius 3 is 1.78 bits per heavy atom. The van der Waals surface area contributed by atoms with E-state index in [1.54, 1.807) is 0 Å². The first-order valence-corrected chi connectivity index (χ1v) is 19.3. The predicted octanol–water partition coefficient (Wildman–Crippen LogP) is -6.80. The Hall–Kier alpha value is -3.83. The Bertz CT molecular complexity index is 3270. The SMILES string of the molecule is O=c1c(N=Nc2ccc(S(=O)(=O)[O-])c3ccccc23)c/c(=N\Nc2ccc([N+](=O)[O-])cc2)c(=O)/c1=N/Nc1cc(S(=O)(=O)[O-])cc2cc(S(=O)(=O)[O-])cc(O)c12.[Na+].[Na+].[Na+]. The van der Waals surface area contributed by atoms with Crippen molar-refractivity contribution in [2.24, 2.45) is 20.4 Å². The fourth-order valence-corrected chi connectivity index (χ4v) is 6.99. The van der Waals surface area contributed by atoms with Gasteiger partial charge in [-0.1, -0.05) is 24.3 Å². The van der Waals surface area contributed by atoms with E-state index in [1.807, 2.05) is 0 Å². The molecule has 27 heteroatoms. The second-order valence-electron chi connectivity index (χ2n) is 11.4. The quantitative estimate of drug-likeness (QED) is 0.0378. The molecule has 6 aromatic rings. The van der Waals surface area contributed by atoms with Crippen LogP contribution in [-0.4, -0.2) is 48.9 Å². The third-order valence-corrected chi connectivity index (χ3v) is 10.3. The number of fused-ring (bicyclic) bond motifs is 2. The first-order valence-electron chi connectivity index (χ1n) is 15.1. The number of nitrogens with zero attached hydrogens (tertiary/aromatic N) is 5. The van der Waals surface area contributed by atoms with Gasteiger partial charge in [0.05, 0.1) is 36.7 Å². The molecule has 6 aromatic carbocycles. The Morgan fingerprint density at radius 1 is 0.627 bits per heavy atom. The molecular formula is C32H18N7Na3O14S3. The molecule has 0 aliphatic heterocycles. The largest absolute Gasteiger partial charge is 1.00 e. The van der Waals surface area contributed by atoms with Gasteiger partial charge in [0.25, 0.3) is 5.69 Å². The van der Waals surface area contributed by atoms with Gasteiger partial charge in [-0.2, -0.15) is 10.2 Å². The minimum atomic E-state index is -5.30. The van der Waals surface area contributed by atoms with Crippen molar-refractivity contribution in [2.45, 2.75) is 14.7 Å². The molecule has 0 spiro atoms. The molecule has 0 aliphatic carbocycles. The van der Waals surface area contributed by atoms with Crippen molar-refractivity contribution in [1.29, 1.82) is 0 Å². The van der Waals surface area contributed by atoms with E-state index in [-0.39, 0.29) is 117 Å². The normalized spacial score (nSPS) is 12.5. The van der Waals surface area contributed by atoms with Crippen molar-refractivity contribution in [1.82, 2.24) is 0 Å². The van der Waals surface area contributed by atoms with E-state index in [0.717, 1.165) is 30.3 Å². The molecule has 0 atom stereocenters. The number of nitro groups is 1. The molecular weight excluding hydrogens is 872 g/mol. The van der Waals surface area contributed by atoms with E-state index < -0.39 is 99.4 Å². The zero-order chi connectivity index (χ0) is 40.7. The Labute approximate surface area is 397 Å². The molecule has 0 aliphatic rings. The van der Waals surface area contributed by atoms with Crippen LogP contribution in [0, 0.1) is 10.1 Å². The number of hydrogen-bond acceptors (Lipinski definition) is 20. The van der Waals surface area contributed by atoms with E-state index in [1.165, 1.54) is 36.4 Å². The molecule has 286 valence electrons. The summed E-state index contributed by atoms with van der Waals surface area (Å²) in [5, 5.41) is 35.0. The number of nitro benzene ring substituents is 1. The maximum Gasteiger partial charge on any atom is 1.00 e. The van der Waals surface area contributed by atoms with Crippen LogP contribution in [0.1, 0.15) is 0 Å². The second kappa shape index (κ2) is 19.3. The summed E-state index contributed by atoms with van der Waals surface area (Å²) in [6.45, 7) is 0. The average molecular weight is 890 g/mol. The number of hydrogen-bond donors (Lipinski definition) is 3. The molecule has 0 saturated heterocycles. The number of azo groups is 1. The van der Waals surface area contributed by atoms with Crippen LogP contribution in [0.5, 0.6) is 5.75 Å². The Morgan fingerprint density at radius 2 is 1.20 bits per heavy atom. The number of aromatic hydroxyl groups is 1. The zero-order valence-electron chi connectivity index (χ0n) is 30.4. The van der Waals surface area contributed by atoms with Crippen LogP contribution < -0.4 is 121 Å². The molecule has 0 saturated carbocycles. The van der Waals surface area contributed by atoms with Crippen LogP contribution in [0.4, 0.5) is 28.4 Å². The summed E-state index contributed by atoms with van der Waals surface area (Å²) in [7, 11) is -15.4. The van der Waals surface area contributed by atoms with Gasteiger partial charge in [-0.3, -0.25) is 30.6 Å². The minimum Gasteiger partial charge on any atom is -0.744 e. The van der Waals surface area contributed by atoms with E-state index in [0.29, 0.717) is 24.3 Å². The van der Waals surface area contributed by atoms with Crippen molar-refractivity contribution in [3.05, 3.63) is 132 Å². The first-order chi connectivity index (χ1) is 26.2. The third kappa shape index (κ3) is 11.1. The number of nitrogens with one attached hydrogen (secondary N) is 2.